The van der Waals surface area contributed by atoms with Crippen LogP contribution in [-0.4, -0.2) is 28.2 Å². The van der Waals surface area contributed by atoms with Crippen molar-refractivity contribution in [3.05, 3.63) is 52.7 Å². The quantitative estimate of drug-likeness (QED) is 0.831. The number of halogens is 1. The van der Waals surface area contributed by atoms with Gasteiger partial charge in [0.15, 0.2) is 0 Å². The summed E-state index contributed by atoms with van der Waals surface area (Å²) in [5.74, 6) is -0.323. The molecule has 1 aromatic heterocycles. The third kappa shape index (κ3) is 2.25. The average molecular weight is 276 g/mol. The van der Waals surface area contributed by atoms with Crippen molar-refractivity contribution in [3.63, 3.8) is 0 Å². The van der Waals surface area contributed by atoms with E-state index in [9.17, 15) is 14.0 Å². The van der Waals surface area contributed by atoms with E-state index in [2.05, 4.69) is 4.98 Å². The number of hydrogen-bond donors (Lipinski definition) is 0. The number of carbonyl (C=O) groups is 1. The molecule has 0 spiro atoms. The molecule has 0 radical (unpaired) electrons. The smallest absolute Gasteiger partial charge is 0.307 e. The lowest BCUT2D eigenvalue weighted by atomic mass is 10.3. The van der Waals surface area contributed by atoms with Gasteiger partial charge in [-0.25, -0.2) is 8.96 Å². The first-order chi connectivity index (χ1) is 9.63. The van der Waals surface area contributed by atoms with Crippen molar-refractivity contribution in [1.82, 2.24) is 9.55 Å². The minimum atomic E-state index is -0.880. The number of hydrogen-bond acceptors (Lipinski definition) is 5. The average Bonchev–Trinajstić information content (AvgIpc) is 2.74. The van der Waals surface area contributed by atoms with Crippen molar-refractivity contribution >= 4 is 5.91 Å². The van der Waals surface area contributed by atoms with Crippen molar-refractivity contribution in [1.29, 1.82) is 0 Å². The first-order valence-electron chi connectivity index (χ1n) is 5.82. The fourth-order valence-electron chi connectivity index (χ4n) is 1.78. The lowest BCUT2D eigenvalue weighted by Gasteiger charge is -2.09. The Morgan fingerprint density at radius 3 is 2.75 bits per heavy atom. The van der Waals surface area contributed by atoms with Crippen LogP contribution >= 0.6 is 0 Å². The second-order valence-corrected chi connectivity index (χ2v) is 4.13. The molecule has 0 amide bonds. The zero-order chi connectivity index (χ0) is 14.1. The molecule has 1 atom stereocenters. The van der Waals surface area contributed by atoms with Gasteiger partial charge in [0.2, 0.25) is 6.10 Å². The Morgan fingerprint density at radius 1 is 1.25 bits per heavy atom. The van der Waals surface area contributed by atoms with Crippen LogP contribution in [-0.2, 0) is 0 Å². The second-order valence-electron chi connectivity index (χ2n) is 4.13. The van der Waals surface area contributed by atoms with E-state index in [1.807, 2.05) is 0 Å². The highest BCUT2D eigenvalue weighted by atomic mass is 19.1. The SMILES string of the molecule is O=C1C(COc2ccc(F)cc2)Oc2nc(=O)ccn21. The predicted molar refractivity (Wildman–Crippen MR) is 65.4 cm³/mol. The maximum absolute atomic E-state index is 12.7. The number of ether oxygens (including phenoxy) is 2. The summed E-state index contributed by atoms with van der Waals surface area (Å²) in [5, 5.41) is 0. The molecular formula is C13H9FN2O4. The van der Waals surface area contributed by atoms with Crippen LogP contribution in [0.3, 0.4) is 0 Å². The van der Waals surface area contributed by atoms with E-state index >= 15 is 0 Å². The maximum atomic E-state index is 12.7. The van der Waals surface area contributed by atoms with Gasteiger partial charge in [-0.15, -0.1) is 0 Å². The van der Waals surface area contributed by atoms with Crippen LogP contribution in [0, 0.1) is 5.82 Å². The van der Waals surface area contributed by atoms with E-state index < -0.39 is 11.7 Å². The molecule has 0 N–H and O–H groups in total. The van der Waals surface area contributed by atoms with Gasteiger partial charge in [-0.3, -0.25) is 9.59 Å². The number of fused-ring (bicyclic) bond motifs is 1. The van der Waals surface area contributed by atoms with Gasteiger partial charge in [-0.1, -0.05) is 0 Å². The molecule has 20 heavy (non-hydrogen) atoms. The van der Waals surface area contributed by atoms with E-state index in [1.54, 1.807) is 0 Å². The Balaban J connectivity index is 1.70. The second kappa shape index (κ2) is 4.76. The van der Waals surface area contributed by atoms with Crippen LogP contribution in [0.25, 0.3) is 0 Å². The fourth-order valence-corrected chi connectivity index (χ4v) is 1.78. The molecule has 102 valence electrons. The summed E-state index contributed by atoms with van der Waals surface area (Å²) in [6.07, 6.45) is 0.430. The summed E-state index contributed by atoms with van der Waals surface area (Å²) < 4.78 is 24.5. The molecular weight excluding hydrogens is 267 g/mol. The van der Waals surface area contributed by atoms with Crippen molar-refractivity contribution in [2.45, 2.75) is 6.10 Å². The summed E-state index contributed by atoms with van der Waals surface area (Å²) in [7, 11) is 0. The molecule has 1 unspecified atom stereocenters. The van der Waals surface area contributed by atoms with E-state index in [-0.39, 0.29) is 24.3 Å². The maximum Gasteiger partial charge on any atom is 0.307 e. The standard InChI is InChI=1S/C13H9FN2O4/c14-8-1-3-9(4-2-8)19-7-10-12(18)16-6-5-11(17)15-13(16)20-10/h1-6,10H,7H2. The summed E-state index contributed by atoms with van der Waals surface area (Å²) in [6, 6.07) is 6.53. The molecule has 6 nitrogen and oxygen atoms in total. The summed E-state index contributed by atoms with van der Waals surface area (Å²) in [4.78, 5) is 26.6. The molecule has 2 heterocycles. The van der Waals surface area contributed by atoms with Crippen LogP contribution in [0.2, 0.25) is 0 Å². The number of rotatable bonds is 3. The van der Waals surface area contributed by atoms with Gasteiger partial charge in [-0.2, -0.15) is 4.98 Å². The molecule has 2 aromatic rings. The van der Waals surface area contributed by atoms with Crippen LogP contribution < -0.4 is 15.0 Å². The van der Waals surface area contributed by atoms with Crippen molar-refractivity contribution < 1.29 is 18.7 Å². The molecule has 7 heteroatoms. The number of benzene rings is 1. The highest BCUT2D eigenvalue weighted by Crippen LogP contribution is 2.18. The zero-order valence-corrected chi connectivity index (χ0v) is 10.2. The lowest BCUT2D eigenvalue weighted by molar-refractivity contribution is 0.0726. The Bertz CT molecular complexity index is 711. The lowest BCUT2D eigenvalue weighted by Crippen LogP contribution is -2.30. The molecule has 0 saturated heterocycles. The molecule has 1 aliphatic rings. The van der Waals surface area contributed by atoms with Crippen LogP contribution in [0.15, 0.2) is 41.3 Å². The van der Waals surface area contributed by atoms with E-state index in [0.29, 0.717) is 5.75 Å². The van der Waals surface area contributed by atoms with E-state index in [0.717, 1.165) is 4.57 Å². The summed E-state index contributed by atoms with van der Waals surface area (Å²) in [6.45, 7) is -0.0536. The largest absolute Gasteiger partial charge is 0.489 e. The van der Waals surface area contributed by atoms with Gasteiger partial charge in [0.1, 0.15) is 18.2 Å². The topological polar surface area (TPSA) is 70.4 Å². The Hall–Kier alpha value is -2.70. The van der Waals surface area contributed by atoms with Crippen LogP contribution in [0.4, 0.5) is 4.39 Å². The number of nitrogens with zero attached hydrogens (tertiary/aromatic N) is 2. The number of carbonyl (C=O) groups excluding carboxylic acids is 1. The predicted octanol–water partition coefficient (Wildman–Crippen LogP) is 0.863. The Morgan fingerprint density at radius 2 is 2.00 bits per heavy atom. The Kier molecular flexibility index (Phi) is 2.94. The minimum Gasteiger partial charge on any atom is -0.489 e. The van der Waals surface area contributed by atoms with Gasteiger partial charge < -0.3 is 9.47 Å². The van der Waals surface area contributed by atoms with Gasteiger partial charge in [-0.05, 0) is 24.3 Å². The third-order valence-electron chi connectivity index (χ3n) is 2.75. The third-order valence-corrected chi connectivity index (χ3v) is 2.75. The zero-order valence-electron chi connectivity index (χ0n) is 10.2. The van der Waals surface area contributed by atoms with E-state index in [1.165, 1.54) is 36.5 Å². The summed E-state index contributed by atoms with van der Waals surface area (Å²) >= 11 is 0. The molecule has 0 saturated carbocycles. The molecule has 3 rings (SSSR count). The normalized spacial score (nSPS) is 16.6. The van der Waals surface area contributed by atoms with Gasteiger partial charge in [0.25, 0.3) is 11.5 Å². The minimum absolute atomic E-state index is 0.0461. The highest BCUT2D eigenvalue weighted by Gasteiger charge is 2.33. The van der Waals surface area contributed by atoms with Gasteiger partial charge in [0.05, 0.1) is 0 Å². The monoisotopic (exact) mass is 276 g/mol. The molecule has 0 fully saturated rings. The molecule has 1 aliphatic heterocycles. The molecule has 0 bridgehead atoms. The Labute approximate surface area is 112 Å². The van der Waals surface area contributed by atoms with Gasteiger partial charge >= 0.3 is 6.01 Å². The first kappa shape index (κ1) is 12.3. The van der Waals surface area contributed by atoms with Crippen molar-refractivity contribution in [2.24, 2.45) is 0 Å². The number of aromatic nitrogens is 2. The fraction of sp³-hybridized carbons (Fsp3) is 0.154. The van der Waals surface area contributed by atoms with Crippen molar-refractivity contribution in [3.8, 4) is 11.8 Å². The van der Waals surface area contributed by atoms with Crippen LogP contribution in [0.1, 0.15) is 4.79 Å². The first-order valence-corrected chi connectivity index (χ1v) is 5.82. The summed E-state index contributed by atoms with van der Waals surface area (Å²) in [5.41, 5.74) is -0.482. The van der Waals surface area contributed by atoms with E-state index in [4.69, 9.17) is 9.47 Å². The van der Waals surface area contributed by atoms with Crippen molar-refractivity contribution in [2.75, 3.05) is 6.61 Å². The highest BCUT2D eigenvalue weighted by molar-refractivity contribution is 5.86. The molecule has 0 aliphatic carbocycles. The van der Waals surface area contributed by atoms with Gasteiger partial charge in [0, 0.05) is 12.3 Å². The molecule has 1 aromatic carbocycles. The van der Waals surface area contributed by atoms with Crippen LogP contribution in [0.5, 0.6) is 11.8 Å².